The number of quaternary nitrogens is 2. The van der Waals surface area contributed by atoms with Crippen molar-refractivity contribution in [2.24, 2.45) is 0 Å². The van der Waals surface area contributed by atoms with Crippen LogP contribution in [0, 0.1) is 0 Å². The lowest BCUT2D eigenvalue weighted by Crippen LogP contribution is -2.50. The zero-order chi connectivity index (χ0) is 41.8. The SMILES string of the molecule is CCCCCC[N+](CCCCCC)(CCCCCC)CCCCCC.CCCCCC[N+](CCCCCC)(CCCCCC)CCCCCC.O=S(=O)([O-])[O-]. The molecule has 0 aliphatic carbocycles. The van der Waals surface area contributed by atoms with Crippen molar-refractivity contribution in [2.75, 3.05) is 52.4 Å². The Morgan fingerprint density at radius 3 is 0.455 bits per heavy atom. The van der Waals surface area contributed by atoms with Crippen LogP contribution < -0.4 is 0 Å². The van der Waals surface area contributed by atoms with Gasteiger partial charge in [-0.1, -0.05) is 158 Å². The van der Waals surface area contributed by atoms with Gasteiger partial charge in [0.25, 0.3) is 0 Å². The summed E-state index contributed by atoms with van der Waals surface area (Å²) in [5.74, 6) is 0. The molecule has 0 N–H and O–H groups in total. The minimum atomic E-state index is -5.17. The molecule has 0 atom stereocenters. The normalized spacial score (nSPS) is 12.0. The van der Waals surface area contributed by atoms with Crippen LogP contribution in [0.4, 0.5) is 0 Å². The van der Waals surface area contributed by atoms with Crippen LogP contribution in [-0.2, 0) is 10.4 Å². The molecule has 0 saturated carbocycles. The first-order chi connectivity index (χ1) is 26.5. The first-order valence-electron chi connectivity index (χ1n) is 24.9. The minimum Gasteiger partial charge on any atom is -0.759 e. The summed E-state index contributed by atoms with van der Waals surface area (Å²) in [6.45, 7) is 30.4. The third kappa shape index (κ3) is 46.4. The molecular weight excluding hydrogens is 701 g/mol. The van der Waals surface area contributed by atoms with E-state index in [1.165, 1.54) is 267 Å². The third-order valence-electron chi connectivity index (χ3n) is 11.9. The van der Waals surface area contributed by atoms with E-state index >= 15 is 0 Å². The fourth-order valence-electron chi connectivity index (χ4n) is 8.33. The Balaban J connectivity index is -0.000000874. The van der Waals surface area contributed by atoms with Gasteiger partial charge in [-0.15, -0.1) is 0 Å². The maximum atomic E-state index is 8.52. The van der Waals surface area contributed by atoms with E-state index < -0.39 is 10.4 Å². The van der Waals surface area contributed by atoms with E-state index in [-0.39, 0.29) is 0 Å². The molecule has 0 aromatic carbocycles. The number of hydrogen-bond acceptors (Lipinski definition) is 4. The molecule has 0 aliphatic rings. The van der Waals surface area contributed by atoms with Gasteiger partial charge >= 0.3 is 0 Å². The molecule has 6 nitrogen and oxygen atoms in total. The van der Waals surface area contributed by atoms with Crippen molar-refractivity contribution in [2.45, 2.75) is 261 Å². The zero-order valence-electron chi connectivity index (χ0n) is 39.2. The Kier molecular flexibility index (Phi) is 48.2. The quantitative estimate of drug-likeness (QED) is 0.0267. The molecule has 0 unspecified atom stereocenters. The van der Waals surface area contributed by atoms with Gasteiger partial charge in [0.15, 0.2) is 0 Å². The smallest absolute Gasteiger partial charge is 0.0786 e. The molecule has 0 saturated heterocycles. The molecule has 0 aromatic heterocycles. The van der Waals surface area contributed by atoms with Crippen LogP contribution in [0.15, 0.2) is 0 Å². The van der Waals surface area contributed by atoms with Gasteiger partial charge < -0.3 is 18.1 Å². The highest BCUT2D eigenvalue weighted by Gasteiger charge is 2.27. The van der Waals surface area contributed by atoms with Crippen LogP contribution in [0.2, 0.25) is 0 Å². The van der Waals surface area contributed by atoms with E-state index in [0.29, 0.717) is 0 Å². The van der Waals surface area contributed by atoms with Crippen LogP contribution in [0.5, 0.6) is 0 Å². The van der Waals surface area contributed by atoms with Crippen LogP contribution in [0.1, 0.15) is 261 Å². The topological polar surface area (TPSA) is 80.3 Å². The summed E-state index contributed by atoms with van der Waals surface area (Å²) in [5.41, 5.74) is 0. The van der Waals surface area contributed by atoms with Crippen molar-refractivity contribution in [1.29, 1.82) is 0 Å². The van der Waals surface area contributed by atoms with E-state index in [9.17, 15) is 0 Å². The van der Waals surface area contributed by atoms with E-state index in [1.807, 2.05) is 0 Å². The number of rotatable bonds is 40. The summed E-state index contributed by atoms with van der Waals surface area (Å²) in [5, 5.41) is 0. The lowest BCUT2D eigenvalue weighted by Gasteiger charge is -2.39. The van der Waals surface area contributed by atoms with Crippen molar-refractivity contribution < 1.29 is 26.5 Å². The predicted molar refractivity (Wildman–Crippen MR) is 243 cm³/mol. The van der Waals surface area contributed by atoms with Crippen LogP contribution >= 0.6 is 0 Å². The average molecular weight is 805 g/mol. The molecule has 0 radical (unpaired) electrons. The van der Waals surface area contributed by atoms with Gasteiger partial charge in [0.05, 0.1) is 52.4 Å². The van der Waals surface area contributed by atoms with E-state index in [1.54, 1.807) is 0 Å². The van der Waals surface area contributed by atoms with Gasteiger partial charge in [-0.05, 0) is 103 Å². The van der Waals surface area contributed by atoms with E-state index in [4.69, 9.17) is 17.5 Å². The summed E-state index contributed by atoms with van der Waals surface area (Å²) in [6, 6.07) is 0. The van der Waals surface area contributed by atoms with Crippen molar-refractivity contribution in [3.63, 3.8) is 0 Å². The molecule has 0 spiro atoms. The standard InChI is InChI=1S/2C24H52N.H2O4S/c2*1-5-9-13-17-21-25(22-18-14-10-6-2,23-19-15-11-7-3)24-20-16-12-8-4;1-5(2,3)4/h2*5-24H2,1-4H3;(H2,1,2,3,4)/q2*+1;/p-2. The van der Waals surface area contributed by atoms with Gasteiger partial charge in [0, 0.05) is 10.4 Å². The number of nitrogens with zero attached hydrogens (tertiary/aromatic N) is 2. The molecule has 0 aromatic rings. The molecule has 7 heteroatoms. The summed E-state index contributed by atoms with van der Waals surface area (Å²) >= 11 is 0. The first-order valence-corrected chi connectivity index (χ1v) is 26.2. The third-order valence-corrected chi connectivity index (χ3v) is 11.9. The fourth-order valence-corrected chi connectivity index (χ4v) is 8.33. The lowest BCUT2D eigenvalue weighted by molar-refractivity contribution is -0.929. The number of hydrogen-bond donors (Lipinski definition) is 0. The molecule has 0 heterocycles. The Bertz CT molecular complexity index is 656. The highest BCUT2D eigenvalue weighted by atomic mass is 32.3. The Labute approximate surface area is 348 Å². The summed E-state index contributed by atoms with van der Waals surface area (Å²) in [6.07, 6.45) is 45.7. The van der Waals surface area contributed by atoms with Gasteiger partial charge in [-0.25, -0.2) is 0 Å². The van der Waals surface area contributed by atoms with Crippen LogP contribution in [0.3, 0.4) is 0 Å². The van der Waals surface area contributed by atoms with Crippen LogP contribution in [0.25, 0.3) is 0 Å². The Morgan fingerprint density at radius 1 is 0.255 bits per heavy atom. The van der Waals surface area contributed by atoms with Crippen molar-refractivity contribution >= 4 is 10.4 Å². The summed E-state index contributed by atoms with van der Waals surface area (Å²) in [7, 11) is -5.17. The highest BCUT2D eigenvalue weighted by Crippen LogP contribution is 2.21. The highest BCUT2D eigenvalue weighted by molar-refractivity contribution is 7.79. The molecule has 0 amide bonds. The van der Waals surface area contributed by atoms with E-state index in [0.717, 1.165) is 0 Å². The molecule has 0 aliphatic heterocycles. The second-order valence-corrected chi connectivity index (χ2v) is 18.2. The predicted octanol–water partition coefficient (Wildman–Crippen LogP) is 14.9. The molecular formula is C48H104N2O4S. The molecule has 0 bridgehead atoms. The largest absolute Gasteiger partial charge is 0.759 e. The second kappa shape index (κ2) is 44.9. The Hall–Kier alpha value is -0.210. The van der Waals surface area contributed by atoms with Crippen molar-refractivity contribution in [1.82, 2.24) is 0 Å². The second-order valence-electron chi connectivity index (χ2n) is 17.4. The maximum Gasteiger partial charge on any atom is 0.0786 e. The first kappa shape index (κ1) is 59.1. The van der Waals surface area contributed by atoms with Crippen molar-refractivity contribution in [3.8, 4) is 0 Å². The molecule has 0 fully saturated rings. The average Bonchev–Trinajstić information content (AvgIpc) is 3.15. The molecule has 55 heavy (non-hydrogen) atoms. The number of unbranched alkanes of at least 4 members (excludes halogenated alkanes) is 24. The van der Waals surface area contributed by atoms with Gasteiger partial charge in [-0.3, -0.25) is 8.42 Å². The minimum absolute atomic E-state index is 1.36. The van der Waals surface area contributed by atoms with Gasteiger partial charge in [0.1, 0.15) is 0 Å². The Morgan fingerprint density at radius 2 is 0.364 bits per heavy atom. The monoisotopic (exact) mass is 805 g/mol. The molecule has 336 valence electrons. The zero-order valence-corrected chi connectivity index (χ0v) is 40.0. The molecule has 0 rings (SSSR count). The van der Waals surface area contributed by atoms with Crippen molar-refractivity contribution in [3.05, 3.63) is 0 Å². The summed E-state index contributed by atoms with van der Waals surface area (Å²) < 4.78 is 37.0. The maximum absolute atomic E-state index is 8.52. The lowest BCUT2D eigenvalue weighted by atomic mass is 10.1. The van der Waals surface area contributed by atoms with E-state index in [2.05, 4.69) is 55.4 Å². The summed E-state index contributed by atoms with van der Waals surface area (Å²) in [4.78, 5) is 0. The van der Waals surface area contributed by atoms with Crippen LogP contribution in [-0.4, -0.2) is 78.8 Å². The fraction of sp³-hybridized carbons (Fsp3) is 1.00. The van der Waals surface area contributed by atoms with Gasteiger partial charge in [0.2, 0.25) is 0 Å². The van der Waals surface area contributed by atoms with Gasteiger partial charge in [-0.2, -0.15) is 0 Å².